The molecule has 0 spiro atoms. The Hall–Kier alpha value is -0.520. The molecule has 0 heterocycles. The molecule has 0 amide bonds. The molecule has 0 saturated carbocycles. The molecule has 0 aliphatic rings. The number of aliphatic hydroxyl groups is 1. The van der Waals surface area contributed by atoms with Crippen LogP contribution in [0.1, 0.15) is 20.3 Å². The molecule has 2 heteroatoms. The Balaban J connectivity index is 3.84. The summed E-state index contributed by atoms with van der Waals surface area (Å²) < 4.78 is 0. The van der Waals surface area contributed by atoms with E-state index in [1.165, 1.54) is 0 Å². The Morgan fingerprint density at radius 2 is 2.22 bits per heavy atom. The molecular weight excluding hydrogens is 114 g/mol. The minimum absolute atomic E-state index is 0.194. The molecule has 0 aromatic carbocycles. The van der Waals surface area contributed by atoms with E-state index in [-0.39, 0.29) is 6.54 Å². The normalized spacial score (nSPS) is 15.6. The number of hydrogen-bond donors (Lipinski definition) is 2. The fraction of sp³-hybridized carbons (Fsp3) is 0.714. The summed E-state index contributed by atoms with van der Waals surface area (Å²) in [6.07, 6.45) is 0.760. The Morgan fingerprint density at radius 1 is 1.67 bits per heavy atom. The summed E-state index contributed by atoms with van der Waals surface area (Å²) in [5, 5.41) is 9.16. The largest absolute Gasteiger partial charge is 0.377 e. The molecule has 0 aromatic rings. The van der Waals surface area contributed by atoms with E-state index >= 15 is 0 Å². The SMILES string of the molecule is CCC#CC(C)(O)CN. The van der Waals surface area contributed by atoms with Crippen molar-refractivity contribution in [3.8, 4) is 11.8 Å². The number of nitrogens with two attached hydrogens (primary N) is 1. The van der Waals surface area contributed by atoms with E-state index in [1.807, 2.05) is 6.92 Å². The van der Waals surface area contributed by atoms with Crippen molar-refractivity contribution in [1.82, 2.24) is 0 Å². The zero-order valence-electron chi connectivity index (χ0n) is 5.94. The van der Waals surface area contributed by atoms with E-state index in [0.717, 1.165) is 6.42 Å². The van der Waals surface area contributed by atoms with Crippen LogP contribution in [0.3, 0.4) is 0 Å². The Kier molecular flexibility index (Phi) is 3.29. The highest BCUT2D eigenvalue weighted by molar-refractivity contribution is 5.11. The highest BCUT2D eigenvalue weighted by Crippen LogP contribution is 1.95. The lowest BCUT2D eigenvalue weighted by Gasteiger charge is -2.11. The van der Waals surface area contributed by atoms with Gasteiger partial charge < -0.3 is 10.8 Å². The van der Waals surface area contributed by atoms with Crippen molar-refractivity contribution < 1.29 is 5.11 Å². The van der Waals surface area contributed by atoms with Crippen LogP contribution < -0.4 is 5.73 Å². The first-order valence-corrected chi connectivity index (χ1v) is 3.05. The molecule has 0 fully saturated rings. The topological polar surface area (TPSA) is 46.2 Å². The van der Waals surface area contributed by atoms with Crippen LogP contribution in [0.2, 0.25) is 0 Å². The van der Waals surface area contributed by atoms with Gasteiger partial charge in [0.15, 0.2) is 0 Å². The van der Waals surface area contributed by atoms with Gasteiger partial charge in [-0.25, -0.2) is 0 Å². The van der Waals surface area contributed by atoms with Crippen LogP contribution in [0.4, 0.5) is 0 Å². The monoisotopic (exact) mass is 127 g/mol. The third kappa shape index (κ3) is 4.01. The molecule has 0 radical (unpaired) electrons. The summed E-state index contributed by atoms with van der Waals surface area (Å²) >= 11 is 0. The van der Waals surface area contributed by atoms with Crippen molar-refractivity contribution in [2.45, 2.75) is 25.9 Å². The molecular formula is C7H13NO. The summed E-state index contributed by atoms with van der Waals surface area (Å²) in [5.74, 6) is 5.40. The zero-order chi connectivity index (χ0) is 7.33. The third-order valence-corrected chi connectivity index (χ3v) is 0.932. The lowest BCUT2D eigenvalue weighted by atomic mass is 10.1. The average molecular weight is 127 g/mol. The minimum atomic E-state index is -0.990. The molecule has 1 unspecified atom stereocenters. The van der Waals surface area contributed by atoms with E-state index in [1.54, 1.807) is 6.92 Å². The van der Waals surface area contributed by atoms with Crippen LogP contribution in [0.25, 0.3) is 0 Å². The third-order valence-electron chi connectivity index (χ3n) is 0.932. The van der Waals surface area contributed by atoms with Crippen LogP contribution in [0.5, 0.6) is 0 Å². The summed E-state index contributed by atoms with van der Waals surface area (Å²) in [4.78, 5) is 0. The first kappa shape index (κ1) is 8.48. The minimum Gasteiger partial charge on any atom is -0.377 e. The van der Waals surface area contributed by atoms with Gasteiger partial charge in [0.25, 0.3) is 0 Å². The molecule has 9 heavy (non-hydrogen) atoms. The average Bonchev–Trinajstić information content (AvgIpc) is 1.84. The Morgan fingerprint density at radius 3 is 2.56 bits per heavy atom. The van der Waals surface area contributed by atoms with Crippen molar-refractivity contribution in [1.29, 1.82) is 0 Å². The first-order valence-electron chi connectivity index (χ1n) is 3.05. The van der Waals surface area contributed by atoms with Crippen molar-refractivity contribution in [2.75, 3.05) is 6.54 Å². The van der Waals surface area contributed by atoms with E-state index in [2.05, 4.69) is 11.8 Å². The maximum Gasteiger partial charge on any atom is 0.134 e. The van der Waals surface area contributed by atoms with E-state index in [0.29, 0.717) is 0 Å². The number of hydrogen-bond acceptors (Lipinski definition) is 2. The fourth-order valence-corrected chi connectivity index (χ4v) is 0.330. The van der Waals surface area contributed by atoms with Crippen LogP contribution >= 0.6 is 0 Å². The van der Waals surface area contributed by atoms with Crippen LogP contribution in [-0.2, 0) is 0 Å². The molecule has 0 aliphatic heterocycles. The molecule has 0 aromatic heterocycles. The van der Waals surface area contributed by atoms with Gasteiger partial charge >= 0.3 is 0 Å². The lowest BCUT2D eigenvalue weighted by Crippen LogP contribution is -2.32. The van der Waals surface area contributed by atoms with Crippen molar-refractivity contribution in [3.05, 3.63) is 0 Å². The smallest absolute Gasteiger partial charge is 0.134 e. The second-order valence-corrected chi connectivity index (χ2v) is 2.13. The molecule has 52 valence electrons. The van der Waals surface area contributed by atoms with Gasteiger partial charge in [-0.3, -0.25) is 0 Å². The van der Waals surface area contributed by atoms with Crippen molar-refractivity contribution >= 4 is 0 Å². The molecule has 0 rings (SSSR count). The van der Waals surface area contributed by atoms with Crippen LogP contribution in [0.15, 0.2) is 0 Å². The first-order chi connectivity index (χ1) is 4.12. The highest BCUT2D eigenvalue weighted by atomic mass is 16.3. The molecule has 0 saturated heterocycles. The molecule has 3 N–H and O–H groups in total. The van der Waals surface area contributed by atoms with Gasteiger partial charge in [0.2, 0.25) is 0 Å². The lowest BCUT2D eigenvalue weighted by molar-refractivity contribution is 0.131. The number of rotatable bonds is 1. The van der Waals surface area contributed by atoms with Gasteiger partial charge in [-0.2, -0.15) is 0 Å². The summed E-state index contributed by atoms with van der Waals surface area (Å²) in [6.45, 7) is 3.73. The van der Waals surface area contributed by atoms with Gasteiger partial charge in [-0.1, -0.05) is 12.8 Å². The van der Waals surface area contributed by atoms with Gasteiger partial charge in [-0.15, -0.1) is 5.92 Å². The van der Waals surface area contributed by atoms with Gasteiger partial charge in [0.1, 0.15) is 5.60 Å². The van der Waals surface area contributed by atoms with E-state index < -0.39 is 5.60 Å². The zero-order valence-corrected chi connectivity index (χ0v) is 5.94. The van der Waals surface area contributed by atoms with E-state index in [9.17, 15) is 0 Å². The predicted octanol–water partition coefficient (Wildman–Crippen LogP) is 0.110. The van der Waals surface area contributed by atoms with Gasteiger partial charge in [0, 0.05) is 13.0 Å². The summed E-state index contributed by atoms with van der Waals surface area (Å²) in [6, 6.07) is 0. The molecule has 2 nitrogen and oxygen atoms in total. The Labute approximate surface area is 56.1 Å². The summed E-state index contributed by atoms with van der Waals surface area (Å²) in [7, 11) is 0. The quantitative estimate of drug-likeness (QED) is 0.491. The second-order valence-electron chi connectivity index (χ2n) is 2.13. The van der Waals surface area contributed by atoms with Crippen LogP contribution in [-0.4, -0.2) is 17.3 Å². The van der Waals surface area contributed by atoms with Crippen LogP contribution in [0, 0.1) is 11.8 Å². The van der Waals surface area contributed by atoms with Crippen molar-refractivity contribution in [2.24, 2.45) is 5.73 Å². The molecule has 1 atom stereocenters. The predicted molar refractivity (Wildman–Crippen MR) is 37.7 cm³/mol. The standard InChI is InChI=1S/C7H13NO/c1-3-4-5-7(2,9)6-8/h9H,3,6,8H2,1-2H3. The van der Waals surface area contributed by atoms with Gasteiger partial charge in [-0.05, 0) is 6.92 Å². The van der Waals surface area contributed by atoms with Gasteiger partial charge in [0.05, 0.1) is 0 Å². The van der Waals surface area contributed by atoms with Crippen molar-refractivity contribution in [3.63, 3.8) is 0 Å². The maximum absolute atomic E-state index is 9.16. The fourth-order valence-electron chi connectivity index (χ4n) is 0.330. The molecule has 0 aliphatic carbocycles. The maximum atomic E-state index is 9.16. The second kappa shape index (κ2) is 3.49. The molecule has 0 bridgehead atoms. The summed E-state index contributed by atoms with van der Waals surface area (Å²) in [5.41, 5.74) is 4.20. The Bertz CT molecular complexity index is 130. The highest BCUT2D eigenvalue weighted by Gasteiger charge is 2.11. The van der Waals surface area contributed by atoms with E-state index in [4.69, 9.17) is 10.8 Å².